The first kappa shape index (κ1) is 11.9. The van der Waals surface area contributed by atoms with E-state index in [0.29, 0.717) is 0 Å². The third kappa shape index (κ3) is 3.44. The minimum absolute atomic E-state index is 0.230. The summed E-state index contributed by atoms with van der Waals surface area (Å²) in [6.07, 6.45) is 2.97. The van der Waals surface area contributed by atoms with E-state index in [-0.39, 0.29) is 6.10 Å². The van der Waals surface area contributed by atoms with Gasteiger partial charge in [0, 0.05) is 11.0 Å². The molecule has 0 aliphatic rings. The van der Waals surface area contributed by atoms with Crippen molar-refractivity contribution in [1.29, 1.82) is 0 Å². The molecule has 15 heavy (non-hydrogen) atoms. The summed E-state index contributed by atoms with van der Waals surface area (Å²) in [6, 6.07) is 7.95. The summed E-state index contributed by atoms with van der Waals surface area (Å²) >= 11 is 1.68. The van der Waals surface area contributed by atoms with Gasteiger partial charge in [-0.3, -0.25) is 0 Å². The number of rotatable bonds is 4. The summed E-state index contributed by atoms with van der Waals surface area (Å²) in [5.41, 5.74) is 0.989. The monoisotopic (exact) mass is 222 g/mol. The van der Waals surface area contributed by atoms with Gasteiger partial charge < -0.3 is 4.74 Å². The number of hydrogen-bond donors (Lipinski definition) is 0. The van der Waals surface area contributed by atoms with E-state index in [0.717, 1.165) is 5.56 Å². The Balaban J connectivity index is 2.69. The van der Waals surface area contributed by atoms with Crippen LogP contribution in [0, 0.1) is 0 Å². The summed E-state index contributed by atoms with van der Waals surface area (Å²) in [4.78, 5) is 12.2. The molecule has 2 nitrogen and oxygen atoms in total. The molecular formula is C12H14O2S. The van der Waals surface area contributed by atoms with Crippen molar-refractivity contribution in [2.24, 2.45) is 0 Å². The highest BCUT2D eigenvalue weighted by atomic mass is 32.2. The van der Waals surface area contributed by atoms with Gasteiger partial charge in [0.25, 0.3) is 0 Å². The van der Waals surface area contributed by atoms with E-state index in [4.69, 9.17) is 4.74 Å². The molecule has 0 heterocycles. The van der Waals surface area contributed by atoms with Crippen LogP contribution >= 0.6 is 11.8 Å². The molecule has 0 saturated heterocycles. The van der Waals surface area contributed by atoms with Crippen LogP contribution in [0.4, 0.5) is 0 Å². The normalized spacial score (nSPS) is 11.9. The highest BCUT2D eigenvalue weighted by molar-refractivity contribution is 7.98. The quantitative estimate of drug-likeness (QED) is 0.444. The van der Waals surface area contributed by atoms with Crippen LogP contribution in [0.25, 0.3) is 0 Å². The molecule has 0 aliphatic heterocycles. The number of hydrogen-bond acceptors (Lipinski definition) is 3. The highest BCUT2D eigenvalue weighted by Crippen LogP contribution is 2.21. The summed E-state index contributed by atoms with van der Waals surface area (Å²) < 4.78 is 5.10. The van der Waals surface area contributed by atoms with Crippen molar-refractivity contribution in [2.45, 2.75) is 17.9 Å². The molecule has 0 spiro atoms. The Kier molecular flexibility index (Phi) is 4.43. The minimum atomic E-state index is -0.392. The Hall–Kier alpha value is -1.22. The van der Waals surface area contributed by atoms with E-state index in [9.17, 15) is 4.79 Å². The van der Waals surface area contributed by atoms with E-state index < -0.39 is 5.97 Å². The third-order valence-corrected chi connectivity index (χ3v) is 2.79. The van der Waals surface area contributed by atoms with E-state index in [1.54, 1.807) is 11.8 Å². The number of carbonyl (C=O) groups is 1. The second-order valence-electron chi connectivity index (χ2n) is 3.06. The van der Waals surface area contributed by atoms with Crippen molar-refractivity contribution in [1.82, 2.24) is 0 Å². The van der Waals surface area contributed by atoms with Crippen LogP contribution < -0.4 is 0 Å². The molecule has 0 bridgehead atoms. The van der Waals surface area contributed by atoms with Crippen molar-refractivity contribution in [2.75, 3.05) is 6.26 Å². The fourth-order valence-electron chi connectivity index (χ4n) is 1.17. The maximum Gasteiger partial charge on any atom is 0.330 e. The van der Waals surface area contributed by atoms with Crippen molar-refractivity contribution >= 4 is 17.7 Å². The Morgan fingerprint density at radius 1 is 1.47 bits per heavy atom. The van der Waals surface area contributed by atoms with Gasteiger partial charge in [-0.25, -0.2) is 4.79 Å². The van der Waals surface area contributed by atoms with Crippen LogP contribution in [-0.2, 0) is 9.53 Å². The van der Waals surface area contributed by atoms with Crippen LogP contribution in [0.1, 0.15) is 18.6 Å². The zero-order chi connectivity index (χ0) is 11.3. The van der Waals surface area contributed by atoms with Crippen molar-refractivity contribution in [3.05, 3.63) is 42.5 Å². The second kappa shape index (κ2) is 5.61. The zero-order valence-electron chi connectivity index (χ0n) is 8.90. The molecule has 0 N–H and O–H groups in total. The van der Waals surface area contributed by atoms with Crippen molar-refractivity contribution in [3.8, 4) is 0 Å². The van der Waals surface area contributed by atoms with E-state index in [2.05, 4.69) is 6.58 Å². The summed E-state index contributed by atoms with van der Waals surface area (Å²) in [5.74, 6) is -0.392. The molecule has 0 fully saturated rings. The fourth-order valence-corrected chi connectivity index (χ4v) is 1.57. The molecule has 0 radical (unpaired) electrons. The largest absolute Gasteiger partial charge is 0.455 e. The van der Waals surface area contributed by atoms with Crippen LogP contribution in [0.3, 0.4) is 0 Å². The second-order valence-corrected chi connectivity index (χ2v) is 3.94. The Morgan fingerprint density at radius 3 is 2.53 bits per heavy atom. The van der Waals surface area contributed by atoms with Gasteiger partial charge in [0.2, 0.25) is 0 Å². The number of thioether (sulfide) groups is 1. The summed E-state index contributed by atoms with van der Waals surface area (Å²) in [6.45, 7) is 5.20. The Morgan fingerprint density at radius 2 is 2.07 bits per heavy atom. The van der Waals surface area contributed by atoms with Gasteiger partial charge in [-0.15, -0.1) is 11.8 Å². The van der Waals surface area contributed by atoms with Gasteiger partial charge in [0.15, 0.2) is 0 Å². The average Bonchev–Trinajstić information content (AvgIpc) is 2.29. The first-order valence-corrected chi connectivity index (χ1v) is 5.87. The molecule has 1 aromatic carbocycles. The number of benzene rings is 1. The lowest BCUT2D eigenvalue weighted by Gasteiger charge is -2.12. The molecule has 80 valence electrons. The van der Waals surface area contributed by atoms with Gasteiger partial charge in [-0.2, -0.15) is 0 Å². The average molecular weight is 222 g/mol. The first-order valence-electron chi connectivity index (χ1n) is 4.64. The predicted octanol–water partition coefficient (Wildman–Crippen LogP) is 3.20. The van der Waals surface area contributed by atoms with E-state index in [1.807, 2.05) is 37.4 Å². The standard InChI is InChI=1S/C12H14O2S/c1-4-12(13)14-9(2)10-5-7-11(15-3)8-6-10/h4-9H,1H2,2-3H3. The molecule has 0 aliphatic carbocycles. The molecular weight excluding hydrogens is 208 g/mol. The summed E-state index contributed by atoms with van der Waals surface area (Å²) in [5, 5.41) is 0. The molecule has 1 unspecified atom stereocenters. The Bertz CT molecular complexity index is 343. The molecule has 0 aromatic heterocycles. The lowest BCUT2D eigenvalue weighted by Crippen LogP contribution is -2.05. The number of ether oxygens (including phenoxy) is 1. The fraction of sp³-hybridized carbons (Fsp3) is 0.250. The van der Waals surface area contributed by atoms with Crippen molar-refractivity contribution in [3.63, 3.8) is 0 Å². The van der Waals surface area contributed by atoms with Crippen LogP contribution in [-0.4, -0.2) is 12.2 Å². The van der Waals surface area contributed by atoms with E-state index in [1.165, 1.54) is 11.0 Å². The van der Waals surface area contributed by atoms with Crippen LogP contribution in [0.5, 0.6) is 0 Å². The van der Waals surface area contributed by atoms with E-state index >= 15 is 0 Å². The predicted molar refractivity (Wildman–Crippen MR) is 62.9 cm³/mol. The molecule has 0 saturated carbocycles. The lowest BCUT2D eigenvalue weighted by molar-refractivity contribution is -0.142. The zero-order valence-corrected chi connectivity index (χ0v) is 9.71. The number of esters is 1. The first-order chi connectivity index (χ1) is 7.17. The van der Waals surface area contributed by atoms with Gasteiger partial charge >= 0.3 is 5.97 Å². The molecule has 1 rings (SSSR count). The van der Waals surface area contributed by atoms with Crippen LogP contribution in [0.15, 0.2) is 41.8 Å². The van der Waals surface area contributed by atoms with Crippen molar-refractivity contribution < 1.29 is 9.53 Å². The van der Waals surface area contributed by atoms with Gasteiger partial charge in [-0.1, -0.05) is 18.7 Å². The maximum absolute atomic E-state index is 11.0. The Labute approximate surface area is 94.3 Å². The van der Waals surface area contributed by atoms with Gasteiger partial charge in [0.1, 0.15) is 6.10 Å². The highest BCUT2D eigenvalue weighted by Gasteiger charge is 2.08. The molecule has 0 amide bonds. The van der Waals surface area contributed by atoms with Gasteiger partial charge in [-0.05, 0) is 30.9 Å². The van der Waals surface area contributed by atoms with Gasteiger partial charge in [0.05, 0.1) is 0 Å². The SMILES string of the molecule is C=CC(=O)OC(C)c1ccc(SC)cc1. The third-order valence-electron chi connectivity index (χ3n) is 2.04. The smallest absolute Gasteiger partial charge is 0.330 e. The maximum atomic E-state index is 11.0. The lowest BCUT2D eigenvalue weighted by atomic mass is 10.1. The minimum Gasteiger partial charge on any atom is -0.455 e. The van der Waals surface area contributed by atoms with Crippen LogP contribution in [0.2, 0.25) is 0 Å². The summed E-state index contributed by atoms with van der Waals surface area (Å²) in [7, 11) is 0. The molecule has 1 atom stereocenters. The molecule has 3 heteroatoms. The topological polar surface area (TPSA) is 26.3 Å². The molecule has 1 aromatic rings. The number of carbonyl (C=O) groups excluding carboxylic acids is 1.